The molecule has 0 aliphatic heterocycles. The van der Waals surface area contributed by atoms with E-state index in [2.05, 4.69) is 293 Å². The fourth-order valence-corrected chi connectivity index (χ4v) is 9.78. The molecule has 8 aromatic rings. The molecule has 8 aromatic carbocycles. The topological polar surface area (TPSA) is 6.48 Å². The summed E-state index contributed by atoms with van der Waals surface area (Å²) in [5, 5.41) is 0.636. The van der Waals surface area contributed by atoms with Crippen LogP contribution in [0.5, 0.6) is 0 Å². The SMILES string of the molecule is CC(C)(C)c1ccc(N(c2ccc(C(C)(C)C)cc2)c2cc(C(c3ccccc3)(c3ccccc3)c3ccccc3)cc(N(c3ccc(C(C)(C)C)cc3)c3ccc(C(C)(C)C)cc3)c2Cl)cc1. The van der Waals surface area contributed by atoms with Crippen LogP contribution in [0, 0.1) is 0 Å². The van der Waals surface area contributed by atoms with Crippen molar-refractivity contribution in [2.45, 2.75) is 110 Å². The molecule has 0 spiro atoms. The number of hydrogen-bond acceptors (Lipinski definition) is 2. The van der Waals surface area contributed by atoms with Gasteiger partial charge in [-0.1, -0.05) is 234 Å². The summed E-state index contributed by atoms with van der Waals surface area (Å²) >= 11 is 8.29. The molecule has 0 unspecified atom stereocenters. The van der Waals surface area contributed by atoms with Crippen LogP contribution < -0.4 is 9.80 Å². The lowest BCUT2D eigenvalue weighted by Crippen LogP contribution is -2.31. The van der Waals surface area contributed by atoms with Gasteiger partial charge in [-0.15, -0.1) is 0 Å². The van der Waals surface area contributed by atoms with Gasteiger partial charge >= 0.3 is 0 Å². The molecule has 0 aliphatic rings. The smallest absolute Gasteiger partial charge is 0.0887 e. The molecule has 0 saturated heterocycles. The summed E-state index contributed by atoms with van der Waals surface area (Å²) in [6.07, 6.45) is 0. The summed E-state index contributed by atoms with van der Waals surface area (Å²) in [5.74, 6) is 0. The zero-order valence-corrected chi connectivity index (χ0v) is 43.1. The number of hydrogen-bond donors (Lipinski definition) is 0. The van der Waals surface area contributed by atoms with E-state index in [9.17, 15) is 0 Å². The Morgan fingerprint density at radius 2 is 0.485 bits per heavy atom. The molecule has 0 aliphatic carbocycles. The summed E-state index contributed by atoms with van der Waals surface area (Å²) in [5.41, 5.74) is 14.6. The van der Waals surface area contributed by atoms with Gasteiger partial charge in [-0.2, -0.15) is 0 Å². The lowest BCUT2D eigenvalue weighted by Gasteiger charge is -2.39. The van der Waals surface area contributed by atoms with E-state index in [0.29, 0.717) is 5.02 Å². The first-order chi connectivity index (χ1) is 32.2. The predicted octanol–water partition coefficient (Wildman–Crippen LogP) is 18.9. The number of anilines is 6. The first kappa shape index (κ1) is 48.1. The van der Waals surface area contributed by atoms with Gasteiger partial charge in [0.2, 0.25) is 0 Å². The second kappa shape index (κ2) is 18.6. The second-order valence-corrected chi connectivity index (χ2v) is 22.9. The highest BCUT2D eigenvalue weighted by atomic mass is 35.5. The van der Waals surface area contributed by atoms with Crippen molar-refractivity contribution < 1.29 is 0 Å². The third kappa shape index (κ3) is 9.67. The Kier molecular flexibility index (Phi) is 13.2. The Morgan fingerprint density at radius 3 is 0.691 bits per heavy atom. The lowest BCUT2D eigenvalue weighted by atomic mass is 9.65. The van der Waals surface area contributed by atoms with Crippen molar-refractivity contribution in [3.63, 3.8) is 0 Å². The number of halogens is 1. The van der Waals surface area contributed by atoms with E-state index in [1.165, 1.54) is 22.3 Å². The Labute approximate surface area is 413 Å². The molecule has 0 saturated carbocycles. The highest BCUT2D eigenvalue weighted by Crippen LogP contribution is 2.53. The van der Waals surface area contributed by atoms with Crippen LogP contribution in [0.4, 0.5) is 34.1 Å². The van der Waals surface area contributed by atoms with Gasteiger partial charge in [-0.3, -0.25) is 0 Å². The molecule has 0 N–H and O–H groups in total. The lowest BCUT2D eigenvalue weighted by molar-refractivity contribution is 0.590. The highest BCUT2D eigenvalue weighted by Gasteiger charge is 2.40. The van der Waals surface area contributed by atoms with Crippen molar-refractivity contribution in [3.8, 4) is 0 Å². The molecule has 0 radical (unpaired) electrons. The van der Waals surface area contributed by atoms with E-state index in [1.807, 2.05) is 0 Å². The third-order valence-electron chi connectivity index (χ3n) is 13.5. The van der Waals surface area contributed by atoms with E-state index in [1.54, 1.807) is 0 Å². The quantitative estimate of drug-likeness (QED) is 0.126. The van der Waals surface area contributed by atoms with Crippen molar-refractivity contribution in [2.75, 3.05) is 9.80 Å². The van der Waals surface area contributed by atoms with Crippen molar-refractivity contribution in [2.24, 2.45) is 0 Å². The van der Waals surface area contributed by atoms with Crippen LogP contribution >= 0.6 is 11.6 Å². The summed E-state index contributed by atoms with van der Waals surface area (Å²) in [6, 6.07) is 73.9. The molecule has 0 amide bonds. The van der Waals surface area contributed by atoms with Gasteiger partial charge in [0.1, 0.15) is 0 Å². The maximum absolute atomic E-state index is 8.29. The van der Waals surface area contributed by atoms with Crippen LogP contribution in [0.25, 0.3) is 0 Å². The normalized spacial score (nSPS) is 12.5. The summed E-state index contributed by atoms with van der Waals surface area (Å²) < 4.78 is 0. The molecule has 2 nitrogen and oxygen atoms in total. The van der Waals surface area contributed by atoms with Gasteiger partial charge in [0, 0.05) is 22.7 Å². The van der Waals surface area contributed by atoms with Gasteiger partial charge < -0.3 is 9.80 Å². The molecule has 3 heteroatoms. The van der Waals surface area contributed by atoms with Gasteiger partial charge in [-0.05, 0) is 127 Å². The minimum Gasteiger partial charge on any atom is -0.309 e. The van der Waals surface area contributed by atoms with Crippen LogP contribution in [-0.4, -0.2) is 0 Å². The molecule has 0 bridgehead atoms. The molecule has 8 rings (SSSR count). The van der Waals surface area contributed by atoms with E-state index in [4.69, 9.17) is 11.6 Å². The van der Waals surface area contributed by atoms with Crippen LogP contribution in [0.3, 0.4) is 0 Å². The number of nitrogens with zero attached hydrogens (tertiary/aromatic N) is 2. The van der Waals surface area contributed by atoms with Crippen molar-refractivity contribution in [1.82, 2.24) is 0 Å². The van der Waals surface area contributed by atoms with Gasteiger partial charge in [0.05, 0.1) is 21.8 Å². The Morgan fingerprint density at radius 1 is 0.265 bits per heavy atom. The zero-order chi connectivity index (χ0) is 48.6. The standard InChI is InChI=1S/C65H69ClN2/c1-61(2,3)46-28-36-54(37-29-46)67(55-38-30-47(31-39-55)62(4,5)6)58-44-53(65(50-22-16-13-17-23-50,51-24-18-14-19-25-51)52-26-20-15-21-27-52)45-59(60(58)66)68(56-40-32-48(33-41-56)63(7,8)9)57-42-34-49(35-43-57)64(10,11)12/h13-45H,1-12H3. The second-order valence-electron chi connectivity index (χ2n) is 22.5. The molecular formula is C65H69ClN2. The minimum absolute atomic E-state index is 0.0192. The molecule has 0 atom stereocenters. The van der Waals surface area contributed by atoms with E-state index in [0.717, 1.165) is 56.4 Å². The van der Waals surface area contributed by atoms with E-state index < -0.39 is 5.41 Å². The Hall–Kier alpha value is -6.35. The molecule has 0 heterocycles. The monoisotopic (exact) mass is 913 g/mol. The predicted molar refractivity (Wildman–Crippen MR) is 294 cm³/mol. The molecule has 0 fully saturated rings. The number of rotatable bonds is 10. The van der Waals surface area contributed by atoms with Crippen molar-refractivity contribution >= 4 is 45.7 Å². The van der Waals surface area contributed by atoms with Crippen LogP contribution in [0.2, 0.25) is 5.02 Å². The van der Waals surface area contributed by atoms with E-state index in [-0.39, 0.29) is 21.7 Å². The van der Waals surface area contributed by atoms with Gasteiger partial charge in [0.15, 0.2) is 0 Å². The Bertz CT molecular complexity index is 2570. The summed E-state index contributed by atoms with van der Waals surface area (Å²) in [6.45, 7) is 27.2. The molecule has 68 heavy (non-hydrogen) atoms. The average Bonchev–Trinajstić information content (AvgIpc) is 3.31. The molecular weight excluding hydrogens is 844 g/mol. The van der Waals surface area contributed by atoms with E-state index >= 15 is 0 Å². The highest BCUT2D eigenvalue weighted by molar-refractivity contribution is 6.36. The van der Waals surface area contributed by atoms with Crippen molar-refractivity contribution in [3.05, 3.63) is 250 Å². The third-order valence-corrected chi connectivity index (χ3v) is 13.9. The maximum Gasteiger partial charge on any atom is 0.0887 e. The summed E-state index contributed by atoms with van der Waals surface area (Å²) in [4.78, 5) is 4.73. The van der Waals surface area contributed by atoms with Gasteiger partial charge in [0.25, 0.3) is 0 Å². The largest absolute Gasteiger partial charge is 0.309 e. The first-order valence-corrected chi connectivity index (χ1v) is 24.6. The van der Waals surface area contributed by atoms with Crippen molar-refractivity contribution in [1.29, 1.82) is 0 Å². The molecule has 0 aromatic heterocycles. The fraction of sp³-hybridized carbons (Fsp3) is 0.262. The van der Waals surface area contributed by atoms with Crippen LogP contribution in [0.1, 0.15) is 128 Å². The van der Waals surface area contributed by atoms with Gasteiger partial charge in [-0.25, -0.2) is 0 Å². The molecule has 346 valence electrons. The Balaban J connectivity index is 1.54. The average molecular weight is 914 g/mol. The minimum atomic E-state index is -0.770. The van der Waals surface area contributed by atoms with Crippen LogP contribution in [0.15, 0.2) is 200 Å². The first-order valence-electron chi connectivity index (χ1n) is 24.2. The zero-order valence-electron chi connectivity index (χ0n) is 42.3. The maximum atomic E-state index is 8.29. The fourth-order valence-electron chi connectivity index (χ4n) is 9.50. The summed E-state index contributed by atoms with van der Waals surface area (Å²) in [7, 11) is 0. The number of benzene rings is 8. The van der Waals surface area contributed by atoms with Crippen LogP contribution in [-0.2, 0) is 27.1 Å².